The number of hydrogen-bond acceptors (Lipinski definition) is 16. The molecule has 25 heteroatoms. The maximum atomic E-state index is 15.6. The molecule has 81 heavy (non-hydrogen) atoms. The first kappa shape index (κ1) is 63.8. The van der Waals surface area contributed by atoms with E-state index in [2.05, 4.69) is 51.2 Å². The van der Waals surface area contributed by atoms with E-state index in [0.717, 1.165) is 22.3 Å². The average Bonchev–Trinajstić information content (AvgIpc) is 3.84. The van der Waals surface area contributed by atoms with Crippen LogP contribution in [0, 0.1) is 0 Å². The van der Waals surface area contributed by atoms with Crippen LogP contribution in [0.4, 0.5) is 5.95 Å². The molecule has 1 unspecified atom stereocenters. The van der Waals surface area contributed by atoms with Gasteiger partial charge in [-0.2, -0.15) is 4.98 Å². The minimum atomic E-state index is -4.11. The van der Waals surface area contributed by atoms with Gasteiger partial charge in [0.1, 0.15) is 24.2 Å². The number of benzene rings is 4. The van der Waals surface area contributed by atoms with Gasteiger partial charge in [-0.05, 0) is 91.6 Å². The van der Waals surface area contributed by atoms with Crippen LogP contribution >= 0.6 is 30.8 Å². The summed E-state index contributed by atoms with van der Waals surface area (Å²) >= 11 is 3.44. The van der Waals surface area contributed by atoms with Gasteiger partial charge in [-0.15, -0.1) is 0 Å². The van der Waals surface area contributed by atoms with Crippen LogP contribution < -0.4 is 31.6 Å². The zero-order chi connectivity index (χ0) is 58.2. The Morgan fingerprint density at radius 1 is 0.568 bits per heavy atom. The standard InChI is InChI=1S/C56H72BrN9O13P2/c1-5-75-51(68)44(33-39-21-13-9-14-22-39)62-80(72,63-45(52(69)76-6-2)34-40-23-15-10-16-24-40)31-29-74-38-43(37-66-49-48(59-55(66)57)50(67)61-56(58)60-49)79-30-32-81(73,64-46(53(70)77-7-3)35-41-25-17-11-18-26-41)65-47(54(71)78-8-4)36-42-27-19-12-20-28-42/h9-28,43-47H,5-8,29-38H2,1-4H3,(H2,62,63,72)(H2,64,65,73)(H3,58,60,61,67)/t43?,44-,45-,46-,47-/m0/s1. The summed E-state index contributed by atoms with van der Waals surface area (Å²) in [6, 6.07) is 31.9. The van der Waals surface area contributed by atoms with Gasteiger partial charge >= 0.3 is 23.9 Å². The van der Waals surface area contributed by atoms with E-state index >= 15 is 9.13 Å². The Hall–Kier alpha value is -6.39. The van der Waals surface area contributed by atoms with Crippen LogP contribution in [0.15, 0.2) is 131 Å². The summed E-state index contributed by atoms with van der Waals surface area (Å²) in [6.07, 6.45) is -1.24. The number of nitrogens with two attached hydrogens (primary N) is 1. The Morgan fingerprint density at radius 2 is 0.914 bits per heavy atom. The van der Waals surface area contributed by atoms with Crippen molar-refractivity contribution in [2.45, 2.75) is 90.2 Å². The van der Waals surface area contributed by atoms with Crippen molar-refractivity contribution in [1.29, 1.82) is 0 Å². The van der Waals surface area contributed by atoms with E-state index in [1.807, 2.05) is 121 Å². The lowest BCUT2D eigenvalue weighted by atomic mass is 10.1. The third-order valence-electron chi connectivity index (χ3n) is 12.5. The Balaban J connectivity index is 1.32. The lowest BCUT2D eigenvalue weighted by molar-refractivity contribution is -0.146. The van der Waals surface area contributed by atoms with Crippen LogP contribution in [0.1, 0.15) is 49.9 Å². The van der Waals surface area contributed by atoms with Crippen molar-refractivity contribution in [3.8, 4) is 0 Å². The number of H-pyrrole nitrogens is 1. The minimum absolute atomic E-state index is 0.0307. The van der Waals surface area contributed by atoms with Crippen LogP contribution in [0.3, 0.4) is 0 Å². The monoisotopic (exact) mass is 1220 g/mol. The highest BCUT2D eigenvalue weighted by Crippen LogP contribution is 2.40. The quantitative estimate of drug-likeness (QED) is 0.00835. The van der Waals surface area contributed by atoms with E-state index < -0.39 is 74.6 Å². The lowest BCUT2D eigenvalue weighted by Gasteiger charge is -2.30. The number of hydrogen-bond donors (Lipinski definition) is 6. The third kappa shape index (κ3) is 20.2. The van der Waals surface area contributed by atoms with Gasteiger partial charge in [-0.3, -0.25) is 38.1 Å². The predicted molar refractivity (Wildman–Crippen MR) is 311 cm³/mol. The molecule has 6 aromatic rings. The number of esters is 4. The summed E-state index contributed by atoms with van der Waals surface area (Å²) in [5.41, 5.74) is 8.47. The van der Waals surface area contributed by atoms with Gasteiger partial charge in [0.05, 0.1) is 71.2 Å². The number of ether oxygens (including phenoxy) is 6. The van der Waals surface area contributed by atoms with Crippen molar-refractivity contribution < 1.29 is 56.7 Å². The molecule has 7 N–H and O–H groups in total. The zero-order valence-corrected chi connectivity index (χ0v) is 49.2. The second kappa shape index (κ2) is 32.3. The van der Waals surface area contributed by atoms with Crippen molar-refractivity contribution >= 4 is 71.8 Å². The molecule has 436 valence electrons. The van der Waals surface area contributed by atoms with E-state index in [9.17, 15) is 24.0 Å². The van der Waals surface area contributed by atoms with Gasteiger partial charge in [0.15, 0.2) is 15.9 Å². The Bertz CT molecular complexity index is 2970. The summed E-state index contributed by atoms with van der Waals surface area (Å²) in [4.78, 5) is 78.9. The minimum Gasteiger partial charge on any atom is -0.465 e. The number of carbonyl (C=O) groups excluding carboxylic acids is 4. The molecule has 5 atom stereocenters. The normalized spacial score (nSPS) is 13.6. The molecular weight excluding hydrogens is 1150 g/mol. The maximum Gasteiger partial charge on any atom is 0.323 e. The van der Waals surface area contributed by atoms with E-state index in [1.165, 1.54) is 4.57 Å². The molecule has 0 saturated heterocycles. The topological polar surface area (TPSA) is 296 Å². The SMILES string of the molecule is CCOC(=O)[C@H](Cc1ccccc1)NP(=O)(CCOCC(Cn1c(Br)nc2c(=O)[nH]c(N)nc21)OCCP(=O)(N[C@@H](Cc1ccccc1)C(=O)OCC)N[C@@H](Cc1ccccc1)C(=O)OCC)N[C@@H](Cc1ccccc1)C(=O)OCC. The van der Waals surface area contributed by atoms with E-state index in [-0.39, 0.29) is 113 Å². The molecule has 0 saturated carbocycles. The molecule has 2 aromatic heterocycles. The summed E-state index contributed by atoms with van der Waals surface area (Å²) in [7, 11) is -8.17. The van der Waals surface area contributed by atoms with E-state index in [0.29, 0.717) is 0 Å². The van der Waals surface area contributed by atoms with Gasteiger partial charge in [-0.25, -0.2) is 25.3 Å². The molecule has 6 rings (SSSR count). The van der Waals surface area contributed by atoms with E-state index in [4.69, 9.17) is 34.2 Å². The van der Waals surface area contributed by atoms with Gasteiger partial charge in [0.25, 0.3) is 5.56 Å². The Morgan fingerprint density at radius 3 is 1.26 bits per heavy atom. The molecule has 0 radical (unpaired) electrons. The molecule has 0 spiro atoms. The fourth-order valence-corrected chi connectivity index (χ4v) is 13.4. The number of aromatic nitrogens is 4. The number of halogens is 1. The number of nitrogens with one attached hydrogen (secondary N) is 5. The molecule has 0 aliphatic rings. The van der Waals surface area contributed by atoms with Gasteiger partial charge in [0.2, 0.25) is 20.8 Å². The molecule has 0 fully saturated rings. The fraction of sp³-hybridized carbons (Fsp3) is 0.411. The van der Waals surface area contributed by atoms with Crippen molar-refractivity contribution in [2.24, 2.45) is 0 Å². The number of aromatic amines is 1. The number of anilines is 1. The highest BCUT2D eigenvalue weighted by atomic mass is 79.9. The zero-order valence-electron chi connectivity index (χ0n) is 45.8. The number of nitrogens with zero attached hydrogens (tertiary/aromatic N) is 3. The van der Waals surface area contributed by atoms with Crippen molar-refractivity contribution in [3.05, 3.63) is 159 Å². The first-order valence-corrected chi connectivity index (χ1v) is 31.3. The van der Waals surface area contributed by atoms with E-state index in [1.54, 1.807) is 27.7 Å². The maximum absolute atomic E-state index is 15.6. The molecule has 22 nitrogen and oxygen atoms in total. The number of rotatable bonds is 35. The first-order chi connectivity index (χ1) is 39.0. The highest BCUT2D eigenvalue weighted by molar-refractivity contribution is 9.10. The van der Waals surface area contributed by atoms with Crippen LogP contribution in [0.25, 0.3) is 11.2 Å². The number of nitrogen functional groups attached to an aromatic ring is 1. The predicted octanol–water partition coefficient (Wildman–Crippen LogP) is 6.31. The van der Waals surface area contributed by atoms with Crippen molar-refractivity contribution in [1.82, 2.24) is 39.9 Å². The number of imidazole rings is 1. The molecule has 4 aromatic carbocycles. The Labute approximate surface area is 479 Å². The summed E-state index contributed by atoms with van der Waals surface area (Å²) in [6.45, 7) is 5.94. The van der Waals surface area contributed by atoms with Gasteiger partial charge < -0.3 is 38.7 Å². The Kier molecular flexibility index (Phi) is 25.4. The largest absolute Gasteiger partial charge is 0.465 e. The van der Waals surface area contributed by atoms with Gasteiger partial charge in [0, 0.05) is 0 Å². The molecule has 0 aliphatic carbocycles. The second-order valence-corrected chi connectivity index (χ2v) is 24.2. The summed E-state index contributed by atoms with van der Waals surface area (Å²) in [5, 5.41) is 12.2. The van der Waals surface area contributed by atoms with Crippen LogP contribution in [-0.2, 0) is 89.0 Å². The first-order valence-electron chi connectivity index (χ1n) is 26.8. The van der Waals surface area contributed by atoms with Gasteiger partial charge in [-0.1, -0.05) is 121 Å². The number of fused-ring (bicyclic) bond motifs is 1. The molecular formula is C56H72BrN9O13P2. The molecule has 0 amide bonds. The second-order valence-electron chi connectivity index (χ2n) is 18.6. The van der Waals surface area contributed by atoms with Crippen molar-refractivity contribution in [3.63, 3.8) is 0 Å². The number of carbonyl (C=O) groups is 4. The molecule has 2 heterocycles. The van der Waals surface area contributed by atoms with Crippen LogP contribution in [0.2, 0.25) is 0 Å². The third-order valence-corrected chi connectivity index (χ3v) is 17.6. The highest BCUT2D eigenvalue weighted by Gasteiger charge is 2.38. The smallest absolute Gasteiger partial charge is 0.323 e. The van der Waals surface area contributed by atoms with Crippen molar-refractivity contribution in [2.75, 3.05) is 64.3 Å². The fourth-order valence-electron chi connectivity index (χ4n) is 8.71. The average molecular weight is 1220 g/mol. The van der Waals surface area contributed by atoms with Crippen LogP contribution in [-0.4, -0.2) is 132 Å². The molecule has 0 aliphatic heterocycles. The molecule has 0 bridgehead atoms. The summed E-state index contributed by atoms with van der Waals surface area (Å²) < 4.78 is 67.6. The lowest BCUT2D eigenvalue weighted by Crippen LogP contribution is -2.47. The van der Waals surface area contributed by atoms with Crippen LogP contribution in [0.5, 0.6) is 0 Å². The summed E-state index contributed by atoms with van der Waals surface area (Å²) in [5.74, 6) is -2.85.